The summed E-state index contributed by atoms with van der Waals surface area (Å²) < 4.78 is 16.2. The Hall–Kier alpha value is -2.99. The van der Waals surface area contributed by atoms with Crippen LogP contribution in [0.2, 0.25) is 5.02 Å². The molecule has 7 heteroatoms. The maximum absolute atomic E-state index is 11.9. The quantitative estimate of drug-likeness (QED) is 0.575. The Kier molecular flexibility index (Phi) is 7.14. The molecule has 0 saturated carbocycles. The Morgan fingerprint density at radius 2 is 2.00 bits per heavy atom. The summed E-state index contributed by atoms with van der Waals surface area (Å²) in [5.41, 5.74) is 2.76. The minimum atomic E-state index is -0.626. The maximum atomic E-state index is 11.9. The Balaban J connectivity index is 1.49. The van der Waals surface area contributed by atoms with E-state index in [1.165, 1.54) is 6.08 Å². The van der Waals surface area contributed by atoms with Crippen LogP contribution in [0, 0.1) is 6.92 Å². The van der Waals surface area contributed by atoms with Crippen LogP contribution in [0.3, 0.4) is 0 Å². The number of carbonyl (C=O) groups excluding carboxylic acids is 2. The molecule has 1 aliphatic heterocycles. The standard InChI is InChI=1S/C22H22ClNO5/c1-15-5-2-3-6-17(15)13-24-20(25)14-29-21(26)8-7-16-11-18(23)22-19(12-16)27-9-4-10-28-22/h2-3,5-8,11-12H,4,9-10,13-14H2,1H3,(H,24,25)/b8-7+. The second-order valence-electron chi connectivity index (χ2n) is 6.52. The van der Waals surface area contributed by atoms with E-state index in [1.54, 1.807) is 18.2 Å². The van der Waals surface area contributed by atoms with Crippen LogP contribution in [-0.4, -0.2) is 31.7 Å². The van der Waals surface area contributed by atoms with E-state index in [0.29, 0.717) is 41.8 Å². The fraction of sp³-hybridized carbons (Fsp3) is 0.273. The average molecular weight is 416 g/mol. The number of fused-ring (bicyclic) bond motifs is 1. The van der Waals surface area contributed by atoms with E-state index in [2.05, 4.69) is 5.32 Å². The van der Waals surface area contributed by atoms with Gasteiger partial charge in [-0.25, -0.2) is 4.79 Å². The number of amides is 1. The van der Waals surface area contributed by atoms with Crippen LogP contribution < -0.4 is 14.8 Å². The molecule has 0 bridgehead atoms. The fourth-order valence-corrected chi connectivity index (χ4v) is 3.02. The van der Waals surface area contributed by atoms with Gasteiger partial charge < -0.3 is 19.5 Å². The van der Waals surface area contributed by atoms with Gasteiger partial charge in [-0.15, -0.1) is 0 Å². The first-order valence-electron chi connectivity index (χ1n) is 9.28. The highest BCUT2D eigenvalue weighted by molar-refractivity contribution is 6.32. The minimum absolute atomic E-state index is 0.350. The molecule has 152 valence electrons. The van der Waals surface area contributed by atoms with Crippen molar-refractivity contribution in [3.63, 3.8) is 0 Å². The molecule has 29 heavy (non-hydrogen) atoms. The number of esters is 1. The highest BCUT2D eigenvalue weighted by atomic mass is 35.5. The number of ether oxygens (including phenoxy) is 3. The molecule has 0 atom stereocenters. The summed E-state index contributed by atoms with van der Waals surface area (Å²) in [5, 5.41) is 3.14. The lowest BCUT2D eigenvalue weighted by Gasteiger charge is -2.10. The predicted molar refractivity (Wildman–Crippen MR) is 110 cm³/mol. The first-order valence-corrected chi connectivity index (χ1v) is 9.66. The molecule has 2 aromatic rings. The molecule has 0 saturated heterocycles. The van der Waals surface area contributed by atoms with Crippen molar-refractivity contribution in [2.75, 3.05) is 19.8 Å². The van der Waals surface area contributed by atoms with E-state index in [4.69, 9.17) is 25.8 Å². The van der Waals surface area contributed by atoms with Crippen molar-refractivity contribution in [1.82, 2.24) is 5.32 Å². The van der Waals surface area contributed by atoms with Gasteiger partial charge in [0, 0.05) is 19.0 Å². The molecule has 0 unspecified atom stereocenters. The van der Waals surface area contributed by atoms with Crippen molar-refractivity contribution in [2.45, 2.75) is 19.9 Å². The number of hydrogen-bond donors (Lipinski definition) is 1. The largest absolute Gasteiger partial charge is 0.489 e. The summed E-state index contributed by atoms with van der Waals surface area (Å²) in [5.74, 6) is 0.0562. The molecule has 1 heterocycles. The summed E-state index contributed by atoms with van der Waals surface area (Å²) in [7, 11) is 0. The average Bonchev–Trinajstić information content (AvgIpc) is 2.96. The number of carbonyl (C=O) groups is 2. The smallest absolute Gasteiger partial charge is 0.331 e. The zero-order valence-corrected chi connectivity index (χ0v) is 16.8. The first kappa shape index (κ1) is 20.7. The molecule has 0 aliphatic carbocycles. The molecule has 1 amide bonds. The van der Waals surface area contributed by atoms with Gasteiger partial charge in [0.25, 0.3) is 5.91 Å². The summed E-state index contributed by atoms with van der Waals surface area (Å²) in [4.78, 5) is 23.8. The van der Waals surface area contributed by atoms with Crippen LogP contribution in [0.5, 0.6) is 11.5 Å². The topological polar surface area (TPSA) is 73.9 Å². The van der Waals surface area contributed by atoms with Crippen LogP contribution in [0.4, 0.5) is 0 Å². The number of hydrogen-bond acceptors (Lipinski definition) is 5. The van der Waals surface area contributed by atoms with E-state index in [9.17, 15) is 9.59 Å². The Morgan fingerprint density at radius 1 is 1.21 bits per heavy atom. The second-order valence-corrected chi connectivity index (χ2v) is 6.93. The van der Waals surface area contributed by atoms with Crippen molar-refractivity contribution in [2.24, 2.45) is 0 Å². The number of benzene rings is 2. The molecular weight excluding hydrogens is 394 g/mol. The van der Waals surface area contributed by atoms with E-state index in [1.807, 2.05) is 31.2 Å². The van der Waals surface area contributed by atoms with Crippen LogP contribution >= 0.6 is 11.6 Å². The molecule has 0 radical (unpaired) electrons. The van der Waals surface area contributed by atoms with Crippen molar-refractivity contribution in [1.29, 1.82) is 0 Å². The van der Waals surface area contributed by atoms with Crippen LogP contribution in [-0.2, 0) is 20.9 Å². The van der Waals surface area contributed by atoms with Gasteiger partial charge in [-0.2, -0.15) is 0 Å². The third-order valence-electron chi connectivity index (χ3n) is 4.32. The minimum Gasteiger partial charge on any atom is -0.489 e. The molecule has 6 nitrogen and oxygen atoms in total. The van der Waals surface area contributed by atoms with Gasteiger partial charge in [0.2, 0.25) is 0 Å². The Bertz CT molecular complexity index is 925. The third-order valence-corrected chi connectivity index (χ3v) is 4.60. The summed E-state index contributed by atoms with van der Waals surface area (Å²) in [6.45, 7) is 3.08. The lowest BCUT2D eigenvalue weighted by atomic mass is 10.1. The number of halogens is 1. The van der Waals surface area contributed by atoms with Crippen LogP contribution in [0.15, 0.2) is 42.5 Å². The maximum Gasteiger partial charge on any atom is 0.331 e. The van der Waals surface area contributed by atoms with Gasteiger partial charge in [-0.3, -0.25) is 4.79 Å². The lowest BCUT2D eigenvalue weighted by molar-refractivity contribution is -0.143. The molecule has 0 spiro atoms. The molecule has 1 aliphatic rings. The molecule has 0 fully saturated rings. The van der Waals surface area contributed by atoms with Crippen LogP contribution in [0.25, 0.3) is 6.08 Å². The van der Waals surface area contributed by atoms with Crippen molar-refractivity contribution < 1.29 is 23.8 Å². The van der Waals surface area contributed by atoms with Gasteiger partial charge >= 0.3 is 5.97 Å². The van der Waals surface area contributed by atoms with E-state index < -0.39 is 5.97 Å². The number of rotatable bonds is 6. The van der Waals surface area contributed by atoms with Gasteiger partial charge in [-0.05, 0) is 41.8 Å². The van der Waals surface area contributed by atoms with Gasteiger partial charge in [-0.1, -0.05) is 35.9 Å². The molecule has 2 aromatic carbocycles. The van der Waals surface area contributed by atoms with Crippen LogP contribution in [0.1, 0.15) is 23.1 Å². The van der Waals surface area contributed by atoms with Gasteiger partial charge in [0.1, 0.15) is 0 Å². The zero-order chi connectivity index (χ0) is 20.6. The Labute approximate surface area is 174 Å². The number of nitrogens with one attached hydrogen (secondary N) is 1. The monoisotopic (exact) mass is 415 g/mol. The first-order chi connectivity index (χ1) is 14.0. The van der Waals surface area contributed by atoms with Gasteiger partial charge in [0.15, 0.2) is 18.1 Å². The van der Waals surface area contributed by atoms with Gasteiger partial charge in [0.05, 0.1) is 18.2 Å². The lowest BCUT2D eigenvalue weighted by Crippen LogP contribution is -2.28. The molecule has 1 N–H and O–H groups in total. The van der Waals surface area contributed by atoms with E-state index in [0.717, 1.165) is 17.5 Å². The van der Waals surface area contributed by atoms with E-state index >= 15 is 0 Å². The van der Waals surface area contributed by atoms with Crippen molar-refractivity contribution in [3.05, 3.63) is 64.2 Å². The number of aryl methyl sites for hydroxylation is 1. The van der Waals surface area contributed by atoms with E-state index in [-0.39, 0.29) is 12.5 Å². The summed E-state index contributed by atoms with van der Waals surface area (Å²) in [6, 6.07) is 11.2. The predicted octanol–water partition coefficient (Wildman–Crippen LogP) is 3.68. The normalized spacial score (nSPS) is 13.0. The zero-order valence-electron chi connectivity index (χ0n) is 16.1. The summed E-state index contributed by atoms with van der Waals surface area (Å²) >= 11 is 6.23. The molecular formula is C22H22ClNO5. The highest BCUT2D eigenvalue weighted by Gasteiger charge is 2.15. The molecule has 3 rings (SSSR count). The highest BCUT2D eigenvalue weighted by Crippen LogP contribution is 2.38. The SMILES string of the molecule is Cc1ccccc1CNC(=O)COC(=O)/C=C/c1cc(Cl)c2c(c1)OCCCO2. The Morgan fingerprint density at radius 3 is 2.83 bits per heavy atom. The summed E-state index contributed by atoms with van der Waals surface area (Å²) in [6.07, 6.45) is 3.56. The van der Waals surface area contributed by atoms with Crippen molar-refractivity contribution >= 4 is 29.6 Å². The molecule has 0 aromatic heterocycles. The fourth-order valence-electron chi connectivity index (χ4n) is 2.75. The van der Waals surface area contributed by atoms with Crippen molar-refractivity contribution in [3.8, 4) is 11.5 Å². The second kappa shape index (κ2) is 9.98. The third kappa shape index (κ3) is 5.99.